The Balaban J connectivity index is 1.61. The van der Waals surface area contributed by atoms with Crippen molar-refractivity contribution in [2.75, 3.05) is 20.8 Å². The number of rotatable bonds is 10. The number of oxazole rings is 1. The molecule has 1 heterocycles. The van der Waals surface area contributed by atoms with Gasteiger partial charge in [-0.1, -0.05) is 42.5 Å². The Morgan fingerprint density at radius 1 is 0.927 bits per heavy atom. The first-order valence-corrected chi connectivity index (χ1v) is 13.5. The number of carbonyl (C=O) groups is 2. The van der Waals surface area contributed by atoms with Gasteiger partial charge in [0.25, 0.3) is 5.91 Å². The summed E-state index contributed by atoms with van der Waals surface area (Å²) in [5.41, 5.74) is -0.368. The topological polar surface area (TPSA) is 112 Å². The van der Waals surface area contributed by atoms with Gasteiger partial charge in [0, 0.05) is 17.5 Å². The van der Waals surface area contributed by atoms with Gasteiger partial charge in [-0.2, -0.15) is 0 Å². The molecule has 41 heavy (non-hydrogen) atoms. The highest BCUT2D eigenvalue weighted by molar-refractivity contribution is 6.03. The predicted octanol–water partition coefficient (Wildman–Crippen LogP) is 6.46. The number of benzene rings is 3. The molecule has 9 nitrogen and oxygen atoms in total. The minimum Gasteiger partial charge on any atom is -0.496 e. The maximum absolute atomic E-state index is 13.8. The molecule has 0 saturated heterocycles. The van der Waals surface area contributed by atoms with Crippen molar-refractivity contribution in [3.05, 3.63) is 78.3 Å². The standard InChI is InChI=1S/C32H37N3O6/c1-31(2,3)41-30(37)33-17-11-16-32(4,29-34-20-27(40-29)21-12-8-7-9-13-21)35-28(36)24-18-22-14-10-15-25(38-5)23(22)19-26(24)39-6/h7-10,12-15,18-20H,11,16-17H2,1-6H3,(H,33,37)(H,35,36)/t32-/m1/s1. The lowest BCUT2D eigenvalue weighted by Gasteiger charge is -2.28. The van der Waals surface area contributed by atoms with Crippen molar-refractivity contribution >= 4 is 22.8 Å². The number of hydrogen-bond acceptors (Lipinski definition) is 7. The summed E-state index contributed by atoms with van der Waals surface area (Å²) in [7, 11) is 3.13. The number of nitrogens with one attached hydrogen (secondary N) is 2. The molecule has 1 atom stereocenters. The van der Waals surface area contributed by atoms with Gasteiger partial charge in [0.2, 0.25) is 5.89 Å². The molecule has 4 aromatic rings. The van der Waals surface area contributed by atoms with Gasteiger partial charge in [-0.05, 0) is 64.1 Å². The molecule has 0 aliphatic heterocycles. The van der Waals surface area contributed by atoms with Crippen molar-refractivity contribution in [3.63, 3.8) is 0 Å². The summed E-state index contributed by atoms with van der Waals surface area (Å²) in [4.78, 5) is 30.5. The molecule has 4 rings (SSSR count). The van der Waals surface area contributed by atoms with Crippen molar-refractivity contribution in [2.45, 2.75) is 51.7 Å². The largest absolute Gasteiger partial charge is 0.496 e. The second-order valence-electron chi connectivity index (χ2n) is 10.9. The van der Waals surface area contributed by atoms with Crippen LogP contribution < -0.4 is 20.1 Å². The summed E-state index contributed by atoms with van der Waals surface area (Å²) >= 11 is 0. The molecule has 1 aromatic heterocycles. The Kier molecular flexibility index (Phi) is 8.86. The van der Waals surface area contributed by atoms with Gasteiger partial charge in [-0.25, -0.2) is 9.78 Å². The zero-order chi connectivity index (χ0) is 29.6. The molecule has 0 unspecified atom stereocenters. The van der Waals surface area contributed by atoms with Crippen molar-refractivity contribution < 1.29 is 28.2 Å². The van der Waals surface area contributed by atoms with Gasteiger partial charge in [-0.15, -0.1) is 0 Å². The summed E-state index contributed by atoms with van der Waals surface area (Å²) in [6, 6.07) is 18.8. The summed E-state index contributed by atoms with van der Waals surface area (Å²) in [5.74, 6) is 1.68. The normalized spacial score (nSPS) is 12.8. The molecular weight excluding hydrogens is 522 g/mol. The number of nitrogens with zero attached hydrogens (tertiary/aromatic N) is 1. The molecule has 2 N–H and O–H groups in total. The SMILES string of the molecule is COc1cc2c(OC)cccc2cc1C(=O)N[C@](C)(CCCNC(=O)OC(C)(C)C)c1ncc(-c2ccccc2)o1. The van der Waals surface area contributed by atoms with Gasteiger partial charge in [-0.3, -0.25) is 4.79 Å². The van der Waals surface area contributed by atoms with E-state index in [4.69, 9.17) is 18.6 Å². The molecule has 0 bridgehead atoms. The molecule has 0 radical (unpaired) electrons. The van der Waals surface area contributed by atoms with Crippen LogP contribution in [0, 0.1) is 0 Å². The Morgan fingerprint density at radius 2 is 1.66 bits per heavy atom. The highest BCUT2D eigenvalue weighted by Crippen LogP contribution is 2.34. The van der Waals surface area contributed by atoms with E-state index in [1.54, 1.807) is 25.4 Å². The number of hydrogen-bond donors (Lipinski definition) is 2. The Hall–Kier alpha value is -4.53. The fraction of sp³-hybridized carbons (Fsp3) is 0.344. The van der Waals surface area contributed by atoms with E-state index in [1.807, 2.05) is 76.2 Å². The van der Waals surface area contributed by atoms with Crippen molar-refractivity contribution in [2.24, 2.45) is 0 Å². The third-order valence-corrected chi connectivity index (χ3v) is 6.57. The summed E-state index contributed by atoms with van der Waals surface area (Å²) in [6.07, 6.45) is 2.09. The minimum atomic E-state index is -1.01. The van der Waals surface area contributed by atoms with E-state index in [1.165, 1.54) is 7.11 Å². The minimum absolute atomic E-state index is 0.339. The van der Waals surface area contributed by atoms with E-state index in [2.05, 4.69) is 15.6 Å². The van der Waals surface area contributed by atoms with Crippen LogP contribution in [0.15, 0.2) is 71.3 Å². The lowest BCUT2D eigenvalue weighted by atomic mass is 9.94. The first-order valence-electron chi connectivity index (χ1n) is 13.5. The van der Waals surface area contributed by atoms with E-state index in [9.17, 15) is 9.59 Å². The quantitative estimate of drug-likeness (QED) is 0.214. The number of carbonyl (C=O) groups excluding carboxylic acids is 2. The second kappa shape index (κ2) is 12.3. The van der Waals surface area contributed by atoms with Crippen LogP contribution in [0.3, 0.4) is 0 Å². The first-order chi connectivity index (χ1) is 19.5. The van der Waals surface area contributed by atoms with Crippen LogP contribution in [0.1, 0.15) is 56.8 Å². The van der Waals surface area contributed by atoms with E-state index in [-0.39, 0.29) is 5.91 Å². The van der Waals surface area contributed by atoms with E-state index in [0.717, 1.165) is 16.3 Å². The number of methoxy groups -OCH3 is 2. The highest BCUT2D eigenvalue weighted by atomic mass is 16.6. The fourth-order valence-electron chi connectivity index (χ4n) is 4.55. The molecule has 0 spiro atoms. The van der Waals surface area contributed by atoms with Crippen LogP contribution in [-0.2, 0) is 10.3 Å². The molecule has 0 aliphatic carbocycles. The van der Waals surface area contributed by atoms with Gasteiger partial charge < -0.3 is 29.3 Å². The van der Waals surface area contributed by atoms with Gasteiger partial charge in [0.15, 0.2) is 5.76 Å². The lowest BCUT2D eigenvalue weighted by molar-refractivity contribution is 0.0524. The molecule has 2 amide bonds. The van der Waals surface area contributed by atoms with Crippen LogP contribution in [0.25, 0.3) is 22.1 Å². The molecule has 3 aromatic carbocycles. The average Bonchev–Trinajstić information content (AvgIpc) is 3.45. The maximum atomic E-state index is 13.8. The van der Waals surface area contributed by atoms with Gasteiger partial charge in [0.1, 0.15) is 22.6 Å². The van der Waals surface area contributed by atoms with Crippen molar-refractivity contribution in [3.8, 4) is 22.8 Å². The third-order valence-electron chi connectivity index (χ3n) is 6.57. The number of alkyl carbamates (subject to hydrolysis) is 1. The predicted molar refractivity (Wildman–Crippen MR) is 157 cm³/mol. The zero-order valence-electron chi connectivity index (χ0n) is 24.4. The van der Waals surface area contributed by atoms with Gasteiger partial charge >= 0.3 is 6.09 Å². The Morgan fingerprint density at radius 3 is 2.34 bits per heavy atom. The zero-order valence-corrected chi connectivity index (χ0v) is 24.4. The molecule has 0 saturated carbocycles. The van der Waals surface area contributed by atoms with Crippen LogP contribution in [0.2, 0.25) is 0 Å². The monoisotopic (exact) mass is 559 g/mol. The molecule has 9 heteroatoms. The van der Waals surface area contributed by atoms with Gasteiger partial charge in [0.05, 0.1) is 26.0 Å². The average molecular weight is 560 g/mol. The summed E-state index contributed by atoms with van der Waals surface area (Å²) in [5, 5.41) is 7.57. The number of aromatic nitrogens is 1. The van der Waals surface area contributed by atoms with Crippen LogP contribution >= 0.6 is 0 Å². The van der Waals surface area contributed by atoms with E-state index < -0.39 is 17.2 Å². The highest BCUT2D eigenvalue weighted by Gasteiger charge is 2.35. The van der Waals surface area contributed by atoms with Crippen molar-refractivity contribution in [1.29, 1.82) is 0 Å². The Labute approximate surface area is 240 Å². The number of fused-ring (bicyclic) bond motifs is 1. The lowest BCUT2D eigenvalue weighted by Crippen LogP contribution is -2.44. The van der Waals surface area contributed by atoms with Crippen LogP contribution in [0.4, 0.5) is 4.79 Å². The Bertz CT molecular complexity index is 1510. The number of ether oxygens (including phenoxy) is 3. The second-order valence-corrected chi connectivity index (χ2v) is 10.9. The number of amides is 2. The fourth-order valence-corrected chi connectivity index (χ4v) is 4.55. The first kappa shape index (κ1) is 29.5. The van der Waals surface area contributed by atoms with E-state index in [0.29, 0.717) is 48.1 Å². The summed E-state index contributed by atoms with van der Waals surface area (Å²) in [6.45, 7) is 7.62. The van der Waals surface area contributed by atoms with Crippen LogP contribution in [0.5, 0.6) is 11.5 Å². The molecule has 216 valence electrons. The molecule has 0 fully saturated rings. The molecular formula is C32H37N3O6. The van der Waals surface area contributed by atoms with E-state index >= 15 is 0 Å². The third kappa shape index (κ3) is 7.16. The summed E-state index contributed by atoms with van der Waals surface area (Å²) < 4.78 is 22.6. The smallest absolute Gasteiger partial charge is 0.407 e. The van der Waals surface area contributed by atoms with Crippen LogP contribution in [-0.4, -0.2) is 43.3 Å². The molecule has 0 aliphatic rings. The maximum Gasteiger partial charge on any atom is 0.407 e. The van der Waals surface area contributed by atoms with Crippen molar-refractivity contribution in [1.82, 2.24) is 15.6 Å².